The van der Waals surface area contributed by atoms with Crippen molar-refractivity contribution in [3.8, 4) is 12.3 Å². The Morgan fingerprint density at radius 3 is 2.14 bits per heavy atom. The second kappa shape index (κ2) is 7.18. The number of terminal acetylenes is 1. The van der Waals surface area contributed by atoms with Gasteiger partial charge in [0.25, 0.3) is 0 Å². The van der Waals surface area contributed by atoms with Crippen molar-refractivity contribution in [2.24, 2.45) is 11.7 Å². The van der Waals surface area contributed by atoms with E-state index in [1.54, 1.807) is 0 Å². The Morgan fingerprint density at radius 1 is 1.36 bits per heavy atom. The Labute approximate surface area is 87.7 Å². The van der Waals surface area contributed by atoms with Gasteiger partial charge in [-0.3, -0.25) is 9.59 Å². The summed E-state index contributed by atoms with van der Waals surface area (Å²) >= 11 is 0. The first kappa shape index (κ1) is 15.2. The molecule has 0 heterocycles. The third-order valence-electron chi connectivity index (χ3n) is 1.57. The smallest absolute Gasteiger partial charge is 0.320 e. The van der Waals surface area contributed by atoms with Gasteiger partial charge in [-0.2, -0.15) is 0 Å². The molecular formula is C8H12ClNO4. The summed E-state index contributed by atoms with van der Waals surface area (Å²) < 4.78 is 0. The second-order valence-electron chi connectivity index (χ2n) is 2.62. The lowest BCUT2D eigenvalue weighted by Crippen LogP contribution is -2.34. The van der Waals surface area contributed by atoms with Crippen LogP contribution in [0.15, 0.2) is 0 Å². The predicted octanol–water partition coefficient (Wildman–Crippen LogP) is -0.0657. The van der Waals surface area contributed by atoms with Gasteiger partial charge in [0, 0.05) is 6.42 Å². The molecule has 0 aliphatic carbocycles. The average Bonchev–Trinajstić information content (AvgIpc) is 2.03. The fourth-order valence-corrected chi connectivity index (χ4v) is 0.821. The van der Waals surface area contributed by atoms with Crippen LogP contribution in [0.2, 0.25) is 0 Å². The van der Waals surface area contributed by atoms with Gasteiger partial charge in [0.05, 0.1) is 5.92 Å². The lowest BCUT2D eigenvalue weighted by Gasteiger charge is -2.11. The molecule has 0 amide bonds. The standard InChI is InChI=1S/C8H11NO4.ClH/c1-2-3-5(7(10)11)4-6(9)8(12)13;/h1,5-6H,3-4,9H2,(H,10,11)(H,12,13);1H. The molecule has 0 fully saturated rings. The number of carbonyl (C=O) groups is 2. The molecule has 0 rings (SSSR count). The van der Waals surface area contributed by atoms with Gasteiger partial charge in [0.2, 0.25) is 0 Å². The summed E-state index contributed by atoms with van der Waals surface area (Å²) in [5.74, 6) is -1.05. The van der Waals surface area contributed by atoms with E-state index in [1.807, 2.05) is 0 Å². The van der Waals surface area contributed by atoms with Crippen molar-refractivity contribution in [3.05, 3.63) is 0 Å². The van der Waals surface area contributed by atoms with Gasteiger partial charge in [-0.05, 0) is 6.42 Å². The first-order valence-corrected chi connectivity index (χ1v) is 3.63. The van der Waals surface area contributed by atoms with Crippen LogP contribution in [0.3, 0.4) is 0 Å². The molecule has 0 radical (unpaired) electrons. The van der Waals surface area contributed by atoms with Crippen molar-refractivity contribution in [3.63, 3.8) is 0 Å². The average molecular weight is 222 g/mol. The lowest BCUT2D eigenvalue weighted by atomic mass is 9.97. The quantitative estimate of drug-likeness (QED) is 0.565. The highest BCUT2D eigenvalue weighted by atomic mass is 35.5. The molecule has 0 aliphatic heterocycles. The van der Waals surface area contributed by atoms with E-state index in [1.165, 1.54) is 0 Å². The van der Waals surface area contributed by atoms with Crippen molar-refractivity contribution in [2.45, 2.75) is 18.9 Å². The van der Waals surface area contributed by atoms with Crippen LogP contribution in [0.25, 0.3) is 0 Å². The van der Waals surface area contributed by atoms with E-state index < -0.39 is 23.9 Å². The highest BCUT2D eigenvalue weighted by Gasteiger charge is 2.23. The topological polar surface area (TPSA) is 101 Å². The normalized spacial score (nSPS) is 13.1. The van der Waals surface area contributed by atoms with Crippen LogP contribution in [0.4, 0.5) is 0 Å². The predicted molar refractivity (Wildman–Crippen MR) is 52.1 cm³/mol. The number of hydrogen-bond donors (Lipinski definition) is 3. The van der Waals surface area contributed by atoms with Gasteiger partial charge in [0.1, 0.15) is 6.04 Å². The molecule has 0 saturated carbocycles. The molecule has 0 aromatic heterocycles. The van der Waals surface area contributed by atoms with E-state index in [4.69, 9.17) is 22.4 Å². The number of carboxylic acid groups (broad SMARTS) is 2. The molecule has 5 nitrogen and oxygen atoms in total. The van der Waals surface area contributed by atoms with Crippen molar-refractivity contribution in [2.75, 3.05) is 0 Å². The molecule has 80 valence electrons. The number of halogens is 1. The van der Waals surface area contributed by atoms with Crippen LogP contribution in [-0.4, -0.2) is 28.2 Å². The maximum atomic E-state index is 10.5. The first-order valence-electron chi connectivity index (χ1n) is 3.63. The zero-order chi connectivity index (χ0) is 10.4. The van der Waals surface area contributed by atoms with Crippen LogP contribution in [0, 0.1) is 18.3 Å². The molecule has 0 aliphatic rings. The van der Waals surface area contributed by atoms with E-state index in [9.17, 15) is 9.59 Å². The number of nitrogens with two attached hydrogens (primary N) is 1. The Bertz CT molecular complexity index is 248. The van der Waals surface area contributed by atoms with Crippen molar-refractivity contribution in [1.82, 2.24) is 0 Å². The highest BCUT2D eigenvalue weighted by Crippen LogP contribution is 2.10. The monoisotopic (exact) mass is 221 g/mol. The minimum absolute atomic E-state index is 0. The molecule has 0 spiro atoms. The summed E-state index contributed by atoms with van der Waals surface area (Å²) in [6.45, 7) is 0. The van der Waals surface area contributed by atoms with Crippen LogP contribution in [0.1, 0.15) is 12.8 Å². The van der Waals surface area contributed by atoms with Gasteiger partial charge >= 0.3 is 11.9 Å². The van der Waals surface area contributed by atoms with Gasteiger partial charge in [-0.1, -0.05) is 0 Å². The summed E-state index contributed by atoms with van der Waals surface area (Å²) in [4.78, 5) is 20.8. The maximum absolute atomic E-state index is 10.5. The minimum atomic E-state index is -1.22. The van der Waals surface area contributed by atoms with Gasteiger partial charge in [-0.25, -0.2) is 0 Å². The number of rotatable bonds is 5. The van der Waals surface area contributed by atoms with Crippen molar-refractivity contribution >= 4 is 24.3 Å². The van der Waals surface area contributed by atoms with E-state index >= 15 is 0 Å². The molecular weight excluding hydrogens is 210 g/mol. The lowest BCUT2D eigenvalue weighted by molar-refractivity contribution is -0.143. The van der Waals surface area contributed by atoms with Gasteiger partial charge in [0.15, 0.2) is 0 Å². The molecule has 2 atom stereocenters. The van der Waals surface area contributed by atoms with Gasteiger partial charge in [-0.15, -0.1) is 24.8 Å². The second-order valence-corrected chi connectivity index (χ2v) is 2.62. The Kier molecular flexibility index (Phi) is 7.81. The molecule has 4 N–H and O–H groups in total. The fraction of sp³-hybridized carbons (Fsp3) is 0.500. The van der Waals surface area contributed by atoms with E-state index in [0.717, 1.165) is 0 Å². The fourth-order valence-electron chi connectivity index (χ4n) is 0.821. The maximum Gasteiger partial charge on any atom is 0.320 e. The number of aliphatic carboxylic acids is 2. The number of hydrogen-bond acceptors (Lipinski definition) is 3. The summed E-state index contributed by atoms with van der Waals surface area (Å²) in [5, 5.41) is 17.0. The number of carboxylic acids is 2. The SMILES string of the molecule is C#CCC(CC(N)C(=O)O)C(=O)O.Cl. The minimum Gasteiger partial charge on any atom is -0.481 e. The van der Waals surface area contributed by atoms with E-state index in [0.29, 0.717) is 0 Å². The van der Waals surface area contributed by atoms with E-state index in [2.05, 4.69) is 5.92 Å². The summed E-state index contributed by atoms with van der Waals surface area (Å²) in [5.41, 5.74) is 5.15. The van der Waals surface area contributed by atoms with E-state index in [-0.39, 0.29) is 25.2 Å². The molecule has 6 heteroatoms. The van der Waals surface area contributed by atoms with Crippen LogP contribution >= 0.6 is 12.4 Å². The van der Waals surface area contributed by atoms with Crippen LogP contribution in [-0.2, 0) is 9.59 Å². The van der Waals surface area contributed by atoms with Crippen molar-refractivity contribution < 1.29 is 19.8 Å². The zero-order valence-electron chi connectivity index (χ0n) is 7.34. The molecule has 0 aromatic carbocycles. The largest absolute Gasteiger partial charge is 0.481 e. The van der Waals surface area contributed by atoms with Crippen molar-refractivity contribution in [1.29, 1.82) is 0 Å². The third kappa shape index (κ3) is 5.41. The van der Waals surface area contributed by atoms with Crippen LogP contribution in [0.5, 0.6) is 0 Å². The first-order chi connectivity index (χ1) is 5.99. The van der Waals surface area contributed by atoms with Crippen LogP contribution < -0.4 is 5.73 Å². The summed E-state index contributed by atoms with van der Waals surface area (Å²) in [6.07, 6.45) is 4.77. The Balaban J connectivity index is 0. The van der Waals surface area contributed by atoms with Gasteiger partial charge < -0.3 is 15.9 Å². The molecule has 14 heavy (non-hydrogen) atoms. The molecule has 0 bridgehead atoms. The Hall–Kier alpha value is -1.25. The summed E-state index contributed by atoms with van der Waals surface area (Å²) in [6, 6.07) is -1.17. The molecule has 0 aromatic rings. The molecule has 0 saturated heterocycles. The highest BCUT2D eigenvalue weighted by molar-refractivity contribution is 5.85. The summed E-state index contributed by atoms with van der Waals surface area (Å²) in [7, 11) is 0. The zero-order valence-corrected chi connectivity index (χ0v) is 8.16. The third-order valence-corrected chi connectivity index (χ3v) is 1.57. The molecule has 2 unspecified atom stereocenters. The Morgan fingerprint density at radius 2 is 1.86 bits per heavy atom.